The van der Waals surface area contributed by atoms with Crippen LogP contribution in [0.3, 0.4) is 0 Å². The molecule has 1 aliphatic carbocycles. The van der Waals surface area contributed by atoms with E-state index >= 15 is 0 Å². The topological polar surface area (TPSA) is 12.0 Å². The fourth-order valence-corrected chi connectivity index (χ4v) is 3.86. The third kappa shape index (κ3) is 3.82. The van der Waals surface area contributed by atoms with Gasteiger partial charge in [0.1, 0.15) is 0 Å². The summed E-state index contributed by atoms with van der Waals surface area (Å²) in [6, 6.07) is 2.75. The molecule has 2 heteroatoms. The molecule has 0 bridgehead atoms. The monoisotopic (exact) mass is 251 g/mol. The minimum Gasteiger partial charge on any atom is -0.309 e. The summed E-state index contributed by atoms with van der Waals surface area (Å²) in [6.07, 6.45) is 8.69. The standard InChI is InChI=1S/C15H25NS/c1-12-9-11-17-15(12)13(2)16-10-8-14-6-4-3-5-7-14/h9,11,13-14,16H,3-8,10H2,1-2H3. The molecule has 96 valence electrons. The van der Waals surface area contributed by atoms with Gasteiger partial charge in [-0.05, 0) is 49.7 Å². The van der Waals surface area contributed by atoms with Gasteiger partial charge in [-0.1, -0.05) is 32.1 Å². The maximum absolute atomic E-state index is 3.68. The summed E-state index contributed by atoms with van der Waals surface area (Å²) in [5, 5.41) is 5.88. The molecule has 1 atom stereocenters. The van der Waals surface area contributed by atoms with Crippen molar-refractivity contribution in [2.24, 2.45) is 5.92 Å². The molecular formula is C15H25NS. The predicted molar refractivity (Wildman–Crippen MR) is 76.7 cm³/mol. The molecule has 1 nitrogen and oxygen atoms in total. The predicted octanol–water partition coefficient (Wildman–Crippen LogP) is 4.68. The van der Waals surface area contributed by atoms with Gasteiger partial charge < -0.3 is 5.32 Å². The van der Waals surface area contributed by atoms with Crippen LogP contribution in [0, 0.1) is 12.8 Å². The summed E-state index contributed by atoms with van der Waals surface area (Å²) in [4.78, 5) is 1.51. The Labute approximate surface area is 110 Å². The molecule has 1 aromatic rings. The van der Waals surface area contributed by atoms with Crippen LogP contribution in [0.15, 0.2) is 11.4 Å². The Bertz CT molecular complexity index is 325. The number of rotatable bonds is 5. The van der Waals surface area contributed by atoms with E-state index in [1.54, 1.807) is 0 Å². The fourth-order valence-electron chi connectivity index (χ4n) is 2.90. The second kappa shape index (κ2) is 6.55. The van der Waals surface area contributed by atoms with Gasteiger partial charge in [0, 0.05) is 10.9 Å². The van der Waals surface area contributed by atoms with E-state index < -0.39 is 0 Å². The van der Waals surface area contributed by atoms with E-state index in [4.69, 9.17) is 0 Å². The maximum atomic E-state index is 3.68. The molecule has 1 fully saturated rings. The highest BCUT2D eigenvalue weighted by molar-refractivity contribution is 7.10. The van der Waals surface area contributed by atoms with Gasteiger partial charge in [0.25, 0.3) is 0 Å². The first-order chi connectivity index (χ1) is 8.27. The zero-order valence-corrected chi connectivity index (χ0v) is 12.0. The molecule has 1 aliphatic rings. The van der Waals surface area contributed by atoms with E-state index in [9.17, 15) is 0 Å². The minimum atomic E-state index is 0.526. The zero-order chi connectivity index (χ0) is 12.1. The summed E-state index contributed by atoms with van der Waals surface area (Å²) >= 11 is 1.88. The third-order valence-electron chi connectivity index (χ3n) is 4.02. The first-order valence-electron chi connectivity index (χ1n) is 7.04. The van der Waals surface area contributed by atoms with Crippen molar-refractivity contribution in [3.05, 3.63) is 21.9 Å². The molecule has 0 aromatic carbocycles. The van der Waals surface area contributed by atoms with Crippen molar-refractivity contribution in [1.82, 2.24) is 5.32 Å². The largest absolute Gasteiger partial charge is 0.309 e. The quantitative estimate of drug-likeness (QED) is 0.801. The molecule has 1 unspecified atom stereocenters. The molecule has 0 radical (unpaired) electrons. The van der Waals surface area contributed by atoms with Crippen molar-refractivity contribution in [3.8, 4) is 0 Å². The van der Waals surface area contributed by atoms with Gasteiger partial charge in [-0.3, -0.25) is 0 Å². The van der Waals surface area contributed by atoms with E-state index in [1.165, 1.54) is 55.5 Å². The lowest BCUT2D eigenvalue weighted by atomic mass is 9.87. The maximum Gasteiger partial charge on any atom is 0.0388 e. The molecule has 0 spiro atoms. The van der Waals surface area contributed by atoms with Crippen LogP contribution in [0.5, 0.6) is 0 Å². The second-order valence-corrected chi connectivity index (χ2v) is 6.38. The van der Waals surface area contributed by atoms with Crippen LogP contribution < -0.4 is 5.32 Å². The van der Waals surface area contributed by atoms with Crippen molar-refractivity contribution < 1.29 is 0 Å². The average Bonchev–Trinajstić information content (AvgIpc) is 2.77. The average molecular weight is 251 g/mol. The number of nitrogens with one attached hydrogen (secondary N) is 1. The summed E-state index contributed by atoms with van der Waals surface area (Å²) in [5.74, 6) is 0.993. The summed E-state index contributed by atoms with van der Waals surface area (Å²) in [5.41, 5.74) is 1.44. The summed E-state index contributed by atoms with van der Waals surface area (Å²) < 4.78 is 0. The second-order valence-electron chi connectivity index (χ2n) is 5.44. The van der Waals surface area contributed by atoms with Crippen LogP contribution in [0.2, 0.25) is 0 Å². The van der Waals surface area contributed by atoms with Crippen LogP contribution in [-0.4, -0.2) is 6.54 Å². The minimum absolute atomic E-state index is 0.526. The number of aryl methyl sites for hydroxylation is 1. The Morgan fingerprint density at radius 1 is 1.35 bits per heavy atom. The molecule has 1 N–H and O–H groups in total. The lowest BCUT2D eigenvalue weighted by Gasteiger charge is -2.22. The highest BCUT2D eigenvalue weighted by Gasteiger charge is 2.14. The zero-order valence-electron chi connectivity index (χ0n) is 11.2. The molecule has 17 heavy (non-hydrogen) atoms. The van der Waals surface area contributed by atoms with Gasteiger partial charge in [-0.15, -0.1) is 11.3 Å². The van der Waals surface area contributed by atoms with Crippen molar-refractivity contribution >= 4 is 11.3 Å². The van der Waals surface area contributed by atoms with Crippen molar-refractivity contribution in [3.63, 3.8) is 0 Å². The lowest BCUT2D eigenvalue weighted by Crippen LogP contribution is -2.22. The number of hydrogen-bond acceptors (Lipinski definition) is 2. The van der Waals surface area contributed by atoms with E-state index in [0.717, 1.165) is 5.92 Å². The molecule has 1 heterocycles. The van der Waals surface area contributed by atoms with Gasteiger partial charge in [-0.2, -0.15) is 0 Å². The van der Waals surface area contributed by atoms with E-state index in [0.29, 0.717) is 6.04 Å². The Kier molecular flexibility index (Phi) is 5.05. The van der Waals surface area contributed by atoms with Gasteiger partial charge in [0.15, 0.2) is 0 Å². The Hall–Kier alpha value is -0.340. The molecule has 2 rings (SSSR count). The summed E-state index contributed by atoms with van der Waals surface area (Å²) in [7, 11) is 0. The van der Waals surface area contributed by atoms with Crippen LogP contribution >= 0.6 is 11.3 Å². The number of thiophene rings is 1. The Morgan fingerprint density at radius 2 is 2.12 bits per heavy atom. The highest BCUT2D eigenvalue weighted by atomic mass is 32.1. The fraction of sp³-hybridized carbons (Fsp3) is 0.733. The van der Waals surface area contributed by atoms with Crippen LogP contribution in [0.25, 0.3) is 0 Å². The molecule has 1 saturated carbocycles. The smallest absolute Gasteiger partial charge is 0.0388 e. The van der Waals surface area contributed by atoms with E-state index in [-0.39, 0.29) is 0 Å². The molecular weight excluding hydrogens is 226 g/mol. The van der Waals surface area contributed by atoms with Crippen molar-refractivity contribution in [2.75, 3.05) is 6.54 Å². The van der Waals surface area contributed by atoms with Gasteiger partial charge in [0.2, 0.25) is 0 Å². The van der Waals surface area contributed by atoms with Crippen LogP contribution in [0.1, 0.15) is 61.9 Å². The molecule has 0 aliphatic heterocycles. The molecule has 0 saturated heterocycles. The highest BCUT2D eigenvalue weighted by Crippen LogP contribution is 2.27. The molecule has 0 amide bonds. The van der Waals surface area contributed by atoms with E-state index in [2.05, 4.69) is 30.6 Å². The molecule has 1 aromatic heterocycles. The van der Waals surface area contributed by atoms with Gasteiger partial charge in [0.05, 0.1) is 0 Å². The number of hydrogen-bond donors (Lipinski definition) is 1. The SMILES string of the molecule is Cc1ccsc1C(C)NCCC1CCCCC1. The van der Waals surface area contributed by atoms with Gasteiger partial charge >= 0.3 is 0 Å². The lowest BCUT2D eigenvalue weighted by molar-refractivity contribution is 0.330. The van der Waals surface area contributed by atoms with Gasteiger partial charge in [-0.25, -0.2) is 0 Å². The Morgan fingerprint density at radius 3 is 2.76 bits per heavy atom. The summed E-state index contributed by atoms with van der Waals surface area (Å²) in [6.45, 7) is 5.69. The Balaban J connectivity index is 1.69. The van der Waals surface area contributed by atoms with Crippen LogP contribution in [0.4, 0.5) is 0 Å². The first kappa shape index (κ1) is 13.1. The van der Waals surface area contributed by atoms with Crippen LogP contribution in [-0.2, 0) is 0 Å². The van der Waals surface area contributed by atoms with Crippen molar-refractivity contribution in [1.29, 1.82) is 0 Å². The van der Waals surface area contributed by atoms with E-state index in [1.807, 2.05) is 11.3 Å². The third-order valence-corrected chi connectivity index (χ3v) is 5.22. The first-order valence-corrected chi connectivity index (χ1v) is 7.92. The normalized spacial score (nSPS) is 19.4. The van der Waals surface area contributed by atoms with Crippen molar-refractivity contribution in [2.45, 2.75) is 58.4 Å².